The number of carbonyl (C=O) groups is 1. The van der Waals surface area contributed by atoms with Crippen LogP contribution in [-0.2, 0) is 11.3 Å². The van der Waals surface area contributed by atoms with Gasteiger partial charge >= 0.3 is 0 Å². The van der Waals surface area contributed by atoms with Crippen LogP contribution >= 0.6 is 0 Å². The van der Waals surface area contributed by atoms with Gasteiger partial charge in [-0.2, -0.15) is 0 Å². The van der Waals surface area contributed by atoms with Gasteiger partial charge in [-0.25, -0.2) is 14.4 Å². The largest absolute Gasteiger partial charge is 0.453 e. The molecule has 0 spiro atoms. The normalized spacial score (nSPS) is 17.8. The molecular weight excluding hydrogens is 487 g/mol. The summed E-state index contributed by atoms with van der Waals surface area (Å²) < 4.78 is 27.5. The fraction of sp³-hybridized carbons (Fsp3) is 0.393. The van der Waals surface area contributed by atoms with Crippen molar-refractivity contribution in [3.05, 3.63) is 42.6 Å². The van der Waals surface area contributed by atoms with E-state index < -0.39 is 5.82 Å². The molecule has 196 valence electrons. The number of carbonyl (C=O) groups excluding carboxylic acids is 1. The summed E-state index contributed by atoms with van der Waals surface area (Å²) in [5, 5.41) is 0.666. The number of likely N-dealkylation sites (tertiary alicyclic amines) is 2. The zero-order valence-corrected chi connectivity index (χ0v) is 21.2. The van der Waals surface area contributed by atoms with E-state index in [9.17, 15) is 9.18 Å². The molecule has 2 saturated heterocycles. The van der Waals surface area contributed by atoms with Crippen molar-refractivity contribution in [3.8, 4) is 34.5 Å². The second-order valence-electron chi connectivity index (χ2n) is 9.77. The molecule has 0 atom stereocenters. The Morgan fingerprint density at radius 2 is 2.00 bits per heavy atom. The van der Waals surface area contributed by atoms with E-state index in [4.69, 9.17) is 15.2 Å². The van der Waals surface area contributed by atoms with Crippen molar-refractivity contribution in [2.75, 3.05) is 38.7 Å². The van der Waals surface area contributed by atoms with E-state index in [-0.39, 0.29) is 24.4 Å². The van der Waals surface area contributed by atoms with E-state index in [1.807, 2.05) is 16.4 Å². The monoisotopic (exact) mass is 516 g/mol. The number of nitrogens with two attached hydrogens (primary N) is 1. The van der Waals surface area contributed by atoms with Gasteiger partial charge < -0.3 is 24.7 Å². The van der Waals surface area contributed by atoms with Gasteiger partial charge in [0.05, 0.1) is 5.39 Å². The topological polar surface area (TPSA) is 98.7 Å². The van der Waals surface area contributed by atoms with Crippen molar-refractivity contribution >= 4 is 22.8 Å². The summed E-state index contributed by atoms with van der Waals surface area (Å²) in [6.45, 7) is 9.48. The van der Waals surface area contributed by atoms with Gasteiger partial charge in [0.2, 0.25) is 18.4 Å². The van der Waals surface area contributed by atoms with Crippen LogP contribution in [0.1, 0.15) is 25.5 Å². The van der Waals surface area contributed by atoms with Crippen LogP contribution in [0.2, 0.25) is 0 Å². The zero-order valence-electron chi connectivity index (χ0n) is 21.2. The third-order valence-corrected chi connectivity index (χ3v) is 7.70. The average molecular weight is 517 g/mol. The summed E-state index contributed by atoms with van der Waals surface area (Å²) in [7, 11) is 0. The number of rotatable bonds is 4. The molecule has 2 aromatic heterocycles. The Kier molecular flexibility index (Phi) is 6.16. The van der Waals surface area contributed by atoms with Gasteiger partial charge in [-0.05, 0) is 43.9 Å². The Morgan fingerprint density at radius 3 is 2.74 bits per heavy atom. The van der Waals surface area contributed by atoms with E-state index in [2.05, 4.69) is 33.3 Å². The summed E-state index contributed by atoms with van der Waals surface area (Å²) >= 11 is 0. The SMILES string of the molecule is C=CC(=O)N1CCC(N2CC(C#Cc3c(-c4ccc(F)c5c4OCO5)c4c(N)ncnc4n3CC)C2)CC1. The molecule has 5 heterocycles. The van der Waals surface area contributed by atoms with Crippen LogP contribution in [0.15, 0.2) is 31.1 Å². The average Bonchev–Trinajstić information content (AvgIpc) is 3.52. The highest BCUT2D eigenvalue weighted by Gasteiger charge is 2.34. The lowest BCUT2D eigenvalue weighted by molar-refractivity contribution is -0.127. The molecule has 6 rings (SSSR count). The first-order valence-electron chi connectivity index (χ1n) is 12.9. The zero-order chi connectivity index (χ0) is 26.4. The van der Waals surface area contributed by atoms with E-state index >= 15 is 0 Å². The fourth-order valence-corrected chi connectivity index (χ4v) is 5.71. The Balaban J connectivity index is 1.30. The molecule has 9 nitrogen and oxygen atoms in total. The number of fused-ring (bicyclic) bond motifs is 2. The Morgan fingerprint density at radius 1 is 1.24 bits per heavy atom. The quantitative estimate of drug-likeness (QED) is 0.420. The van der Waals surface area contributed by atoms with Gasteiger partial charge in [0.15, 0.2) is 11.6 Å². The molecule has 38 heavy (non-hydrogen) atoms. The van der Waals surface area contributed by atoms with E-state index in [1.165, 1.54) is 18.5 Å². The first-order chi connectivity index (χ1) is 18.5. The summed E-state index contributed by atoms with van der Waals surface area (Å²) in [5.74, 6) is 7.38. The number of halogens is 1. The molecule has 0 unspecified atom stereocenters. The van der Waals surface area contributed by atoms with E-state index in [0.29, 0.717) is 40.8 Å². The molecule has 2 N–H and O–H groups in total. The first kappa shape index (κ1) is 24.2. The molecule has 0 aliphatic carbocycles. The lowest BCUT2D eigenvalue weighted by atomic mass is 9.93. The van der Waals surface area contributed by atoms with Crippen LogP contribution < -0.4 is 15.2 Å². The van der Waals surface area contributed by atoms with Gasteiger partial charge in [-0.1, -0.05) is 12.5 Å². The Hall–Kier alpha value is -4.10. The molecule has 3 aliphatic rings. The number of anilines is 1. The third-order valence-electron chi connectivity index (χ3n) is 7.70. The lowest BCUT2D eigenvalue weighted by Gasteiger charge is -2.45. The molecule has 2 fully saturated rings. The van der Waals surface area contributed by atoms with Crippen molar-refractivity contribution in [1.82, 2.24) is 24.3 Å². The molecule has 3 aromatic rings. The number of aryl methyl sites for hydroxylation is 1. The molecular formula is C28H29FN6O3. The minimum atomic E-state index is -0.480. The van der Waals surface area contributed by atoms with Gasteiger partial charge in [0.1, 0.15) is 23.5 Å². The number of amides is 1. The van der Waals surface area contributed by atoms with Crippen molar-refractivity contribution < 1.29 is 18.7 Å². The van der Waals surface area contributed by atoms with Crippen molar-refractivity contribution in [3.63, 3.8) is 0 Å². The van der Waals surface area contributed by atoms with E-state index in [0.717, 1.165) is 50.3 Å². The predicted molar refractivity (Wildman–Crippen MR) is 141 cm³/mol. The second kappa shape index (κ2) is 9.65. The molecule has 3 aliphatic heterocycles. The van der Waals surface area contributed by atoms with Gasteiger partial charge in [-0.15, -0.1) is 0 Å². The van der Waals surface area contributed by atoms with Crippen molar-refractivity contribution in [2.45, 2.75) is 32.4 Å². The Bertz CT molecular complexity index is 1490. The Labute approximate surface area is 220 Å². The lowest BCUT2D eigenvalue weighted by Crippen LogP contribution is -2.55. The highest BCUT2D eigenvalue weighted by Crippen LogP contribution is 2.47. The number of nitrogens with zero attached hydrogens (tertiary/aromatic N) is 5. The maximum atomic E-state index is 14.4. The van der Waals surface area contributed by atoms with Crippen molar-refractivity contribution in [1.29, 1.82) is 0 Å². The van der Waals surface area contributed by atoms with Crippen LogP contribution in [0.25, 0.3) is 22.2 Å². The van der Waals surface area contributed by atoms with Gasteiger partial charge in [-0.3, -0.25) is 9.69 Å². The highest BCUT2D eigenvalue weighted by molar-refractivity contribution is 6.05. The summed E-state index contributed by atoms with van der Waals surface area (Å²) in [6.07, 6.45) is 4.75. The molecule has 0 saturated carbocycles. The van der Waals surface area contributed by atoms with Crippen LogP contribution in [0.4, 0.5) is 10.2 Å². The summed E-state index contributed by atoms with van der Waals surface area (Å²) in [5.41, 5.74) is 9.14. The maximum absolute atomic E-state index is 14.4. The van der Waals surface area contributed by atoms with Crippen LogP contribution in [0.3, 0.4) is 0 Å². The summed E-state index contributed by atoms with van der Waals surface area (Å²) in [4.78, 5) is 24.9. The second-order valence-corrected chi connectivity index (χ2v) is 9.77. The number of hydrogen-bond donors (Lipinski definition) is 1. The molecule has 10 heteroatoms. The number of nitrogen functional groups attached to an aromatic ring is 1. The fourth-order valence-electron chi connectivity index (χ4n) is 5.71. The number of benzene rings is 1. The predicted octanol–water partition coefficient (Wildman–Crippen LogP) is 3.03. The van der Waals surface area contributed by atoms with Gasteiger partial charge in [0, 0.05) is 55.8 Å². The maximum Gasteiger partial charge on any atom is 0.245 e. The molecule has 0 bridgehead atoms. The van der Waals surface area contributed by atoms with Crippen LogP contribution in [-0.4, -0.2) is 69.3 Å². The van der Waals surface area contributed by atoms with Crippen LogP contribution in [0, 0.1) is 23.6 Å². The number of ether oxygens (including phenoxy) is 2. The standard InChI is InChI=1S/C28H29FN6O3/c1-3-22(36)33-11-9-18(10-12-33)34-13-17(14-34)5-8-21-23(19-6-7-20(29)26-25(19)37-16-38-26)24-27(30)31-15-32-28(24)35(21)4-2/h3,6-7,15,17-18H,1,4,9-14,16H2,2H3,(H2,30,31,32). The van der Waals surface area contributed by atoms with Crippen molar-refractivity contribution in [2.24, 2.45) is 5.92 Å². The minimum absolute atomic E-state index is 0.00649. The minimum Gasteiger partial charge on any atom is -0.453 e. The molecule has 1 amide bonds. The van der Waals surface area contributed by atoms with Crippen LogP contribution in [0.5, 0.6) is 11.5 Å². The van der Waals surface area contributed by atoms with E-state index in [1.54, 1.807) is 6.07 Å². The molecule has 0 radical (unpaired) electrons. The highest BCUT2D eigenvalue weighted by atomic mass is 19.1. The smallest absolute Gasteiger partial charge is 0.245 e. The third kappa shape index (κ3) is 3.94. The molecule has 1 aromatic carbocycles. The number of hydrogen-bond acceptors (Lipinski definition) is 7. The number of aromatic nitrogens is 3. The number of piperidine rings is 1. The summed E-state index contributed by atoms with van der Waals surface area (Å²) in [6, 6.07) is 3.50. The first-order valence-corrected chi connectivity index (χ1v) is 12.9. The van der Waals surface area contributed by atoms with Gasteiger partial charge in [0.25, 0.3) is 0 Å².